The van der Waals surface area contributed by atoms with E-state index in [2.05, 4.69) is 4.98 Å². The minimum absolute atomic E-state index is 0.240. The fraction of sp³-hybridized carbons (Fsp3) is 0.444. The first-order valence-corrected chi connectivity index (χ1v) is 4.31. The molecule has 15 heavy (non-hydrogen) atoms. The molecule has 0 saturated heterocycles. The minimum atomic E-state index is -4.74. The van der Waals surface area contributed by atoms with Crippen LogP contribution in [0, 0.1) is 0 Å². The standard InChI is InChI=1S/C9H11F3N2O/c10-9(11,12)8(15,3-4-13)7-1-5-14-6-2-7/h1-2,5-6,15H,3-4,13H2. The van der Waals surface area contributed by atoms with Gasteiger partial charge in [-0.25, -0.2) is 0 Å². The van der Waals surface area contributed by atoms with E-state index in [9.17, 15) is 18.3 Å². The van der Waals surface area contributed by atoms with Gasteiger partial charge in [0.05, 0.1) is 0 Å². The molecule has 1 aromatic heterocycles. The van der Waals surface area contributed by atoms with Crippen molar-refractivity contribution in [3.63, 3.8) is 0 Å². The maximum atomic E-state index is 12.7. The van der Waals surface area contributed by atoms with Crippen molar-refractivity contribution in [2.45, 2.75) is 18.2 Å². The van der Waals surface area contributed by atoms with Crippen molar-refractivity contribution < 1.29 is 18.3 Å². The number of aliphatic hydroxyl groups is 1. The number of halogens is 3. The summed E-state index contributed by atoms with van der Waals surface area (Å²) >= 11 is 0. The van der Waals surface area contributed by atoms with Crippen LogP contribution in [-0.4, -0.2) is 22.8 Å². The van der Waals surface area contributed by atoms with Gasteiger partial charge in [-0.05, 0) is 24.2 Å². The number of rotatable bonds is 3. The molecule has 0 amide bonds. The van der Waals surface area contributed by atoms with Crippen molar-refractivity contribution in [2.24, 2.45) is 5.73 Å². The van der Waals surface area contributed by atoms with Crippen LogP contribution >= 0.6 is 0 Å². The Hall–Kier alpha value is -1.14. The third-order valence-corrected chi connectivity index (χ3v) is 2.13. The molecule has 1 heterocycles. The lowest BCUT2D eigenvalue weighted by atomic mass is 9.90. The molecule has 84 valence electrons. The lowest BCUT2D eigenvalue weighted by molar-refractivity contribution is -0.268. The summed E-state index contributed by atoms with van der Waals surface area (Å²) in [5.74, 6) is 0. The van der Waals surface area contributed by atoms with Crippen LogP contribution in [-0.2, 0) is 5.60 Å². The Morgan fingerprint density at radius 2 is 1.80 bits per heavy atom. The highest BCUT2D eigenvalue weighted by Gasteiger charge is 2.54. The molecule has 0 aliphatic carbocycles. The number of nitrogens with two attached hydrogens (primary N) is 1. The van der Waals surface area contributed by atoms with Crippen LogP contribution in [0.3, 0.4) is 0 Å². The average Bonchev–Trinajstić information content (AvgIpc) is 2.18. The van der Waals surface area contributed by atoms with Crippen molar-refractivity contribution in [3.8, 4) is 0 Å². The SMILES string of the molecule is NCCC(O)(c1ccncc1)C(F)(F)F. The van der Waals surface area contributed by atoms with Crippen LogP contribution in [0.25, 0.3) is 0 Å². The van der Waals surface area contributed by atoms with Crippen LogP contribution in [0.1, 0.15) is 12.0 Å². The molecule has 0 fully saturated rings. The Kier molecular flexibility index (Phi) is 3.31. The van der Waals surface area contributed by atoms with E-state index in [1.54, 1.807) is 0 Å². The highest BCUT2D eigenvalue weighted by molar-refractivity contribution is 5.21. The largest absolute Gasteiger partial charge is 0.421 e. The molecule has 1 unspecified atom stereocenters. The first kappa shape index (κ1) is 11.9. The third kappa shape index (κ3) is 2.27. The van der Waals surface area contributed by atoms with Crippen molar-refractivity contribution in [1.29, 1.82) is 0 Å². The molecular weight excluding hydrogens is 209 g/mol. The van der Waals surface area contributed by atoms with Gasteiger partial charge in [-0.15, -0.1) is 0 Å². The lowest BCUT2D eigenvalue weighted by Gasteiger charge is -2.30. The van der Waals surface area contributed by atoms with Crippen LogP contribution in [0.5, 0.6) is 0 Å². The molecule has 6 heteroatoms. The highest BCUT2D eigenvalue weighted by atomic mass is 19.4. The number of hydrogen-bond acceptors (Lipinski definition) is 3. The van der Waals surface area contributed by atoms with Gasteiger partial charge in [0.2, 0.25) is 0 Å². The molecule has 1 rings (SSSR count). The predicted molar refractivity (Wildman–Crippen MR) is 47.9 cm³/mol. The summed E-state index contributed by atoms with van der Waals surface area (Å²) in [5.41, 5.74) is 1.95. The zero-order chi connectivity index (χ0) is 11.5. The monoisotopic (exact) mass is 220 g/mol. The Labute approximate surface area is 84.7 Å². The maximum Gasteiger partial charge on any atom is 0.421 e. The van der Waals surface area contributed by atoms with Gasteiger partial charge in [-0.3, -0.25) is 4.98 Å². The van der Waals surface area contributed by atoms with Crippen LogP contribution in [0.4, 0.5) is 13.2 Å². The van der Waals surface area contributed by atoms with Crippen LogP contribution in [0.2, 0.25) is 0 Å². The molecule has 3 N–H and O–H groups in total. The van der Waals surface area contributed by atoms with Crippen LogP contribution in [0.15, 0.2) is 24.5 Å². The minimum Gasteiger partial charge on any atom is -0.376 e. The molecule has 0 spiro atoms. The zero-order valence-corrected chi connectivity index (χ0v) is 7.83. The third-order valence-electron chi connectivity index (χ3n) is 2.13. The van der Waals surface area contributed by atoms with E-state index >= 15 is 0 Å². The smallest absolute Gasteiger partial charge is 0.376 e. The van der Waals surface area contributed by atoms with E-state index < -0.39 is 18.2 Å². The van der Waals surface area contributed by atoms with Gasteiger partial charge in [-0.1, -0.05) is 0 Å². The topological polar surface area (TPSA) is 59.1 Å². The number of aromatic nitrogens is 1. The van der Waals surface area contributed by atoms with Crippen molar-refractivity contribution in [1.82, 2.24) is 4.98 Å². The fourth-order valence-electron chi connectivity index (χ4n) is 1.29. The summed E-state index contributed by atoms with van der Waals surface area (Å²) < 4.78 is 38.0. The van der Waals surface area contributed by atoms with E-state index in [0.717, 1.165) is 12.1 Å². The lowest BCUT2D eigenvalue weighted by Crippen LogP contribution is -2.43. The Morgan fingerprint density at radius 3 is 2.20 bits per heavy atom. The van der Waals surface area contributed by atoms with Gasteiger partial charge in [0.25, 0.3) is 0 Å². The van der Waals surface area contributed by atoms with Gasteiger partial charge in [0.15, 0.2) is 5.60 Å². The second-order valence-electron chi connectivity index (χ2n) is 3.13. The van der Waals surface area contributed by atoms with Crippen LogP contribution < -0.4 is 5.73 Å². The van der Waals surface area contributed by atoms with Crippen molar-refractivity contribution in [3.05, 3.63) is 30.1 Å². The molecule has 0 aliphatic heterocycles. The summed E-state index contributed by atoms with van der Waals surface area (Å²) in [5, 5.41) is 9.59. The second kappa shape index (κ2) is 4.16. The summed E-state index contributed by atoms with van der Waals surface area (Å²) in [6, 6.07) is 2.26. The quantitative estimate of drug-likeness (QED) is 0.804. The predicted octanol–water partition coefficient (Wildman–Crippen LogP) is 1.18. The molecule has 0 saturated carbocycles. The van der Waals surface area contributed by atoms with Gasteiger partial charge < -0.3 is 10.8 Å². The normalized spacial score (nSPS) is 16.1. The molecule has 0 aliphatic rings. The Morgan fingerprint density at radius 1 is 1.27 bits per heavy atom. The molecule has 1 aromatic rings. The van der Waals surface area contributed by atoms with E-state index in [1.165, 1.54) is 12.4 Å². The molecule has 3 nitrogen and oxygen atoms in total. The van der Waals surface area contributed by atoms with Gasteiger partial charge in [0.1, 0.15) is 0 Å². The highest BCUT2D eigenvalue weighted by Crippen LogP contribution is 2.40. The molecular formula is C9H11F3N2O. The van der Waals surface area contributed by atoms with E-state index in [0.29, 0.717) is 0 Å². The first-order chi connectivity index (χ1) is 6.92. The second-order valence-corrected chi connectivity index (χ2v) is 3.13. The Bertz CT molecular complexity index is 315. The fourth-order valence-corrected chi connectivity index (χ4v) is 1.29. The summed E-state index contributed by atoms with van der Waals surface area (Å²) in [4.78, 5) is 3.59. The summed E-state index contributed by atoms with van der Waals surface area (Å²) in [6.45, 7) is -0.252. The number of hydrogen-bond donors (Lipinski definition) is 2. The summed E-state index contributed by atoms with van der Waals surface area (Å²) in [7, 11) is 0. The number of alkyl halides is 3. The number of nitrogens with zero attached hydrogens (tertiary/aromatic N) is 1. The molecule has 1 atom stereocenters. The van der Waals surface area contributed by atoms with E-state index in [1.807, 2.05) is 0 Å². The van der Waals surface area contributed by atoms with E-state index in [-0.39, 0.29) is 12.1 Å². The zero-order valence-electron chi connectivity index (χ0n) is 7.83. The summed E-state index contributed by atoms with van der Waals surface area (Å²) in [6.07, 6.45) is -2.92. The number of pyridine rings is 1. The molecule has 0 bridgehead atoms. The Balaban J connectivity index is 3.13. The first-order valence-electron chi connectivity index (χ1n) is 4.31. The van der Waals surface area contributed by atoms with Gasteiger partial charge in [-0.2, -0.15) is 13.2 Å². The van der Waals surface area contributed by atoms with E-state index in [4.69, 9.17) is 5.73 Å². The van der Waals surface area contributed by atoms with Crippen molar-refractivity contribution in [2.75, 3.05) is 6.54 Å². The van der Waals surface area contributed by atoms with Crippen molar-refractivity contribution >= 4 is 0 Å². The van der Waals surface area contributed by atoms with Gasteiger partial charge >= 0.3 is 6.18 Å². The maximum absolute atomic E-state index is 12.7. The van der Waals surface area contributed by atoms with Gasteiger partial charge in [0, 0.05) is 18.8 Å². The average molecular weight is 220 g/mol. The molecule has 0 radical (unpaired) electrons. The molecule has 0 aromatic carbocycles.